The van der Waals surface area contributed by atoms with Gasteiger partial charge in [0.05, 0.1) is 6.04 Å². The molecule has 0 N–H and O–H groups in total. The first-order chi connectivity index (χ1) is 10.3. The van der Waals surface area contributed by atoms with E-state index in [2.05, 4.69) is 10.3 Å². The number of nitrogens with zero attached hydrogens (tertiary/aromatic N) is 4. The molecule has 21 heavy (non-hydrogen) atoms. The summed E-state index contributed by atoms with van der Waals surface area (Å²) in [5.74, 6) is 1.32. The lowest BCUT2D eigenvalue weighted by Crippen LogP contribution is -2.41. The smallest absolute Gasteiger partial charge is 0.276 e. The van der Waals surface area contributed by atoms with Crippen molar-refractivity contribution in [2.24, 2.45) is 0 Å². The zero-order chi connectivity index (χ0) is 14.2. The van der Waals surface area contributed by atoms with E-state index in [1.165, 1.54) is 0 Å². The van der Waals surface area contributed by atoms with Crippen molar-refractivity contribution in [1.82, 2.24) is 19.8 Å². The first-order valence-corrected chi connectivity index (χ1v) is 7.56. The summed E-state index contributed by atoms with van der Waals surface area (Å²) in [6.45, 7) is 1.47. The second-order valence-corrected chi connectivity index (χ2v) is 5.92. The van der Waals surface area contributed by atoms with Crippen molar-refractivity contribution in [3.63, 3.8) is 0 Å². The van der Waals surface area contributed by atoms with Crippen molar-refractivity contribution >= 4 is 5.91 Å². The third kappa shape index (κ3) is 2.46. The molecule has 6 nitrogen and oxygen atoms in total. The highest BCUT2D eigenvalue weighted by Crippen LogP contribution is 2.40. The molecule has 0 unspecified atom stereocenters. The van der Waals surface area contributed by atoms with Gasteiger partial charge in [0.2, 0.25) is 0 Å². The molecule has 1 aliphatic carbocycles. The van der Waals surface area contributed by atoms with Gasteiger partial charge in [0.25, 0.3) is 5.91 Å². The molecule has 1 aliphatic heterocycles. The Morgan fingerprint density at radius 1 is 1.33 bits per heavy atom. The first-order valence-electron chi connectivity index (χ1n) is 7.56. The summed E-state index contributed by atoms with van der Waals surface area (Å²) in [5.41, 5.74) is 0.443. The number of hydrogen-bond acceptors (Lipinski definition) is 4. The number of carbonyl (C=O) groups is 1. The van der Waals surface area contributed by atoms with Gasteiger partial charge in [-0.25, -0.2) is 0 Å². The van der Waals surface area contributed by atoms with E-state index in [9.17, 15) is 4.79 Å². The maximum atomic E-state index is 12.5. The molecule has 2 aliphatic rings. The highest BCUT2D eigenvalue weighted by atomic mass is 16.5. The molecule has 0 bridgehead atoms. The maximum Gasteiger partial charge on any atom is 0.276 e. The Bertz CT molecular complexity index is 630. The minimum Gasteiger partial charge on any atom is -0.360 e. The monoisotopic (exact) mass is 286 g/mol. The molecule has 1 atom stereocenters. The number of rotatable bonds is 3. The number of amides is 1. The van der Waals surface area contributed by atoms with Gasteiger partial charge in [-0.15, -0.1) is 0 Å². The molecule has 1 amide bonds. The van der Waals surface area contributed by atoms with E-state index in [-0.39, 0.29) is 11.9 Å². The SMILES string of the molecule is O=C(c1cc(C2CC2)on1)N1CCC[C@@H](n2cccn2)C1. The van der Waals surface area contributed by atoms with Crippen LogP contribution < -0.4 is 0 Å². The lowest BCUT2D eigenvalue weighted by atomic mass is 10.1. The largest absolute Gasteiger partial charge is 0.360 e. The highest BCUT2D eigenvalue weighted by molar-refractivity contribution is 5.92. The third-order valence-electron chi connectivity index (χ3n) is 4.31. The average molecular weight is 286 g/mol. The quantitative estimate of drug-likeness (QED) is 0.868. The molecule has 0 radical (unpaired) electrons. The van der Waals surface area contributed by atoms with Gasteiger partial charge in [0.15, 0.2) is 5.69 Å². The molecule has 1 saturated carbocycles. The van der Waals surface area contributed by atoms with Crippen LogP contribution in [0.1, 0.15) is 53.9 Å². The van der Waals surface area contributed by atoms with Gasteiger partial charge < -0.3 is 9.42 Å². The average Bonchev–Trinajstić information content (AvgIpc) is 3.05. The van der Waals surface area contributed by atoms with Gasteiger partial charge in [0.1, 0.15) is 5.76 Å². The molecular formula is C15H18N4O2. The second kappa shape index (κ2) is 5.02. The Morgan fingerprint density at radius 3 is 3.00 bits per heavy atom. The molecule has 2 aromatic heterocycles. The van der Waals surface area contributed by atoms with Crippen LogP contribution in [0.2, 0.25) is 0 Å². The van der Waals surface area contributed by atoms with Crippen LogP contribution in [-0.2, 0) is 0 Å². The summed E-state index contributed by atoms with van der Waals surface area (Å²) in [5, 5.41) is 8.24. The Hall–Kier alpha value is -2.11. The van der Waals surface area contributed by atoms with E-state index in [4.69, 9.17) is 4.52 Å². The summed E-state index contributed by atoms with van der Waals surface area (Å²) in [7, 11) is 0. The van der Waals surface area contributed by atoms with Crippen LogP contribution >= 0.6 is 0 Å². The predicted octanol–water partition coefficient (Wildman–Crippen LogP) is 2.23. The Morgan fingerprint density at radius 2 is 2.24 bits per heavy atom. The van der Waals surface area contributed by atoms with Crippen LogP contribution in [0, 0.1) is 0 Å². The Labute approximate surface area is 122 Å². The van der Waals surface area contributed by atoms with Crippen molar-refractivity contribution in [1.29, 1.82) is 0 Å². The molecule has 6 heteroatoms. The van der Waals surface area contributed by atoms with Gasteiger partial charge in [0, 0.05) is 37.5 Å². The van der Waals surface area contributed by atoms with E-state index in [0.29, 0.717) is 18.2 Å². The fourth-order valence-electron chi connectivity index (χ4n) is 2.96. The van der Waals surface area contributed by atoms with Crippen molar-refractivity contribution < 1.29 is 9.32 Å². The third-order valence-corrected chi connectivity index (χ3v) is 4.31. The minimum absolute atomic E-state index is 0.0255. The van der Waals surface area contributed by atoms with Crippen LogP contribution in [0.5, 0.6) is 0 Å². The fraction of sp³-hybridized carbons (Fsp3) is 0.533. The van der Waals surface area contributed by atoms with Gasteiger partial charge in [-0.2, -0.15) is 5.10 Å². The molecule has 3 heterocycles. The molecule has 110 valence electrons. The van der Waals surface area contributed by atoms with E-state index in [1.807, 2.05) is 27.9 Å². The molecule has 0 aromatic carbocycles. The topological polar surface area (TPSA) is 64.2 Å². The van der Waals surface area contributed by atoms with E-state index in [0.717, 1.165) is 38.0 Å². The molecular weight excluding hydrogens is 268 g/mol. The van der Waals surface area contributed by atoms with Crippen LogP contribution in [0.25, 0.3) is 0 Å². The van der Waals surface area contributed by atoms with Gasteiger partial charge >= 0.3 is 0 Å². The summed E-state index contributed by atoms with van der Waals surface area (Å²) >= 11 is 0. The minimum atomic E-state index is -0.0255. The molecule has 2 aromatic rings. The number of likely N-dealkylation sites (tertiary alicyclic amines) is 1. The van der Waals surface area contributed by atoms with Crippen molar-refractivity contribution in [2.75, 3.05) is 13.1 Å². The van der Waals surface area contributed by atoms with E-state index in [1.54, 1.807) is 6.20 Å². The van der Waals surface area contributed by atoms with Crippen molar-refractivity contribution in [2.45, 2.75) is 37.6 Å². The zero-order valence-electron chi connectivity index (χ0n) is 11.8. The van der Waals surface area contributed by atoms with Gasteiger partial charge in [-0.05, 0) is 31.7 Å². The summed E-state index contributed by atoms with van der Waals surface area (Å²) < 4.78 is 7.23. The van der Waals surface area contributed by atoms with Crippen molar-refractivity contribution in [3.8, 4) is 0 Å². The summed E-state index contributed by atoms with van der Waals surface area (Å²) in [6.07, 6.45) is 8.07. The predicted molar refractivity (Wildman–Crippen MR) is 74.9 cm³/mol. The lowest BCUT2D eigenvalue weighted by Gasteiger charge is -2.32. The van der Waals surface area contributed by atoms with Crippen molar-refractivity contribution in [3.05, 3.63) is 36.0 Å². The van der Waals surface area contributed by atoms with Crippen LogP contribution in [-0.4, -0.2) is 38.8 Å². The van der Waals surface area contributed by atoms with Gasteiger partial charge in [-0.3, -0.25) is 9.48 Å². The number of aromatic nitrogens is 3. The number of hydrogen-bond donors (Lipinski definition) is 0. The molecule has 0 spiro atoms. The standard InChI is InChI=1S/C15H18N4O2/c20-15(13-9-14(21-17-13)11-4-5-11)18-7-1-3-12(10-18)19-8-2-6-16-19/h2,6,8-9,11-12H,1,3-5,7,10H2/t12-/m1/s1. The van der Waals surface area contributed by atoms with E-state index >= 15 is 0 Å². The summed E-state index contributed by atoms with van der Waals surface area (Å²) in [6, 6.07) is 3.99. The zero-order valence-corrected chi connectivity index (χ0v) is 11.8. The van der Waals surface area contributed by atoms with E-state index < -0.39 is 0 Å². The molecule has 1 saturated heterocycles. The van der Waals surface area contributed by atoms with Crippen LogP contribution in [0.15, 0.2) is 29.0 Å². The Kier molecular flexibility index (Phi) is 3.02. The van der Waals surface area contributed by atoms with Crippen LogP contribution in [0.4, 0.5) is 0 Å². The number of piperidine rings is 1. The number of carbonyl (C=O) groups excluding carboxylic acids is 1. The summed E-state index contributed by atoms with van der Waals surface area (Å²) in [4.78, 5) is 14.4. The van der Waals surface area contributed by atoms with Gasteiger partial charge in [-0.1, -0.05) is 5.16 Å². The Balaban J connectivity index is 1.47. The normalized spacial score (nSPS) is 22.5. The maximum absolute atomic E-state index is 12.5. The van der Waals surface area contributed by atoms with Crippen LogP contribution in [0.3, 0.4) is 0 Å². The molecule has 2 fully saturated rings. The fourth-order valence-corrected chi connectivity index (χ4v) is 2.96. The first kappa shape index (κ1) is 12.6. The lowest BCUT2D eigenvalue weighted by molar-refractivity contribution is 0.0662. The molecule has 4 rings (SSSR count). The second-order valence-electron chi connectivity index (χ2n) is 5.92. The highest BCUT2D eigenvalue weighted by Gasteiger charge is 2.31.